The van der Waals surface area contributed by atoms with E-state index in [1.807, 2.05) is 30.5 Å². The maximum Gasteiger partial charge on any atom is 0.225 e. The molecule has 0 unspecified atom stereocenters. The summed E-state index contributed by atoms with van der Waals surface area (Å²) in [4.78, 5) is 18.3. The van der Waals surface area contributed by atoms with Crippen molar-refractivity contribution in [3.05, 3.63) is 53.5 Å². The maximum absolute atomic E-state index is 9.46. The quantitative estimate of drug-likeness (QED) is 0.592. The van der Waals surface area contributed by atoms with E-state index in [9.17, 15) is 5.26 Å². The number of anilines is 2. The van der Waals surface area contributed by atoms with Crippen molar-refractivity contribution >= 4 is 22.5 Å². The van der Waals surface area contributed by atoms with Crippen LogP contribution in [0.4, 0.5) is 11.6 Å². The Labute approximate surface area is 201 Å². The Bertz CT molecular complexity index is 1260. The second-order valence-electron chi connectivity index (χ2n) is 9.37. The fraction of sp³-hybridized carbons (Fsp3) is 0.440. The van der Waals surface area contributed by atoms with Crippen LogP contribution < -0.4 is 20.4 Å². The van der Waals surface area contributed by atoms with Crippen LogP contribution in [0.3, 0.4) is 0 Å². The van der Waals surface area contributed by atoms with Crippen molar-refractivity contribution < 1.29 is 7.59 Å². The summed E-state index contributed by atoms with van der Waals surface area (Å²) in [7, 11) is 0. The van der Waals surface area contributed by atoms with Crippen LogP contribution in [0, 0.1) is 11.3 Å². The Morgan fingerprint density at radius 2 is 2.09 bits per heavy atom. The number of nitriles is 1. The summed E-state index contributed by atoms with van der Waals surface area (Å²) in [5.74, 6) is 0.829. The normalized spacial score (nSPS) is 22.5. The molecule has 6 rings (SSSR count). The molecule has 0 bridgehead atoms. The van der Waals surface area contributed by atoms with Gasteiger partial charge < -0.3 is 25.2 Å². The Morgan fingerprint density at radius 1 is 1.18 bits per heavy atom. The molecule has 1 aromatic carbocycles. The highest BCUT2D eigenvalue weighted by Crippen LogP contribution is 2.30. The van der Waals surface area contributed by atoms with Gasteiger partial charge in [-0.25, -0.2) is 9.97 Å². The molecule has 2 fully saturated rings. The van der Waals surface area contributed by atoms with Crippen LogP contribution in [0.5, 0.6) is 0 Å². The molecule has 178 valence electrons. The second kappa shape index (κ2) is 8.80. The van der Waals surface area contributed by atoms with Gasteiger partial charge in [0, 0.05) is 83.7 Å². The fourth-order valence-corrected chi connectivity index (χ4v) is 5.15. The maximum atomic E-state index is 9.46. The highest BCUT2D eigenvalue weighted by molar-refractivity contribution is 5.95. The molecule has 2 aromatic heterocycles. The molecule has 3 aliphatic rings. The molecular weight excluding hydrogens is 428 g/mol. The molecule has 0 spiro atoms. The van der Waals surface area contributed by atoms with E-state index in [1.54, 1.807) is 6.20 Å². The number of pyridine rings is 1. The van der Waals surface area contributed by atoms with E-state index < -0.39 is 0 Å². The lowest BCUT2D eigenvalue weighted by atomic mass is 10.1. The van der Waals surface area contributed by atoms with Gasteiger partial charge in [0.2, 0.25) is 5.95 Å². The van der Waals surface area contributed by atoms with Crippen LogP contribution >= 0.6 is 0 Å². The highest BCUT2D eigenvalue weighted by atomic mass is 16.5. The molecule has 9 heteroatoms. The number of benzene rings is 1. The summed E-state index contributed by atoms with van der Waals surface area (Å²) in [6, 6.07) is 10.6. The first kappa shape index (κ1) is 21.2. The van der Waals surface area contributed by atoms with Gasteiger partial charge in [-0.1, -0.05) is 0 Å². The van der Waals surface area contributed by atoms with Crippen molar-refractivity contribution in [2.75, 3.05) is 42.5 Å². The summed E-state index contributed by atoms with van der Waals surface area (Å²) in [6.07, 6.45) is 3.90. The first-order valence-corrected chi connectivity index (χ1v) is 11.9. The predicted molar refractivity (Wildman–Crippen MR) is 134 cm³/mol. The Balaban J connectivity index is 0.00000152. The van der Waals surface area contributed by atoms with Gasteiger partial charge in [0.05, 0.1) is 29.0 Å². The minimum absolute atomic E-state index is 0. The number of rotatable bonds is 5. The van der Waals surface area contributed by atoms with Gasteiger partial charge in [-0.05, 0) is 31.2 Å². The van der Waals surface area contributed by atoms with Crippen LogP contribution in [0.15, 0.2) is 36.7 Å². The van der Waals surface area contributed by atoms with Crippen molar-refractivity contribution in [1.82, 2.24) is 25.6 Å². The van der Waals surface area contributed by atoms with Gasteiger partial charge in [-0.3, -0.25) is 4.98 Å². The molecular formula is C25H32N8O. The van der Waals surface area contributed by atoms with E-state index in [-0.39, 0.29) is 15.1 Å². The zero-order valence-corrected chi connectivity index (χ0v) is 19.2. The summed E-state index contributed by atoms with van der Waals surface area (Å²) in [5.41, 5.74) is 4.81. The standard InChI is InChI=1S/C25H28N8O.2H2/c1-16-12-32(23-5-4-17(7-26)24-21(23)3-2-6-28-24)15-20(34-16)10-29-19-13-33(14-19)25-30-9-18-8-27-11-22(18)31-25;;/h2-6,9,16,19-20,27,29H,8,10-15H2,1H3;2*1H/t16-,20+;;/m1../s1. The lowest BCUT2D eigenvalue weighted by Crippen LogP contribution is -2.61. The monoisotopic (exact) mass is 460 g/mol. The van der Waals surface area contributed by atoms with Crippen LogP contribution in [-0.4, -0.2) is 65.9 Å². The van der Waals surface area contributed by atoms with E-state index in [2.05, 4.69) is 43.4 Å². The van der Waals surface area contributed by atoms with Crippen molar-refractivity contribution in [3.8, 4) is 6.07 Å². The first-order valence-electron chi connectivity index (χ1n) is 11.9. The van der Waals surface area contributed by atoms with Gasteiger partial charge >= 0.3 is 0 Å². The highest BCUT2D eigenvalue weighted by Gasteiger charge is 2.32. The number of morpholine rings is 1. The van der Waals surface area contributed by atoms with Crippen molar-refractivity contribution in [2.24, 2.45) is 0 Å². The molecule has 5 heterocycles. The molecule has 2 N–H and O–H groups in total. The SMILES string of the molecule is C[C@@H]1CN(c2ccc(C#N)c3ncccc23)C[C@H](CNC2CN(c3ncc4c(n3)CNC4)C2)O1.[HH].[HH]. The predicted octanol–water partition coefficient (Wildman–Crippen LogP) is 2.06. The number of hydrogen-bond donors (Lipinski definition) is 2. The number of ether oxygens (including phenoxy) is 1. The minimum Gasteiger partial charge on any atom is -0.370 e. The number of fused-ring (bicyclic) bond motifs is 2. The zero-order valence-electron chi connectivity index (χ0n) is 19.2. The zero-order chi connectivity index (χ0) is 23.1. The van der Waals surface area contributed by atoms with E-state index in [0.717, 1.165) is 74.0 Å². The Kier molecular flexibility index (Phi) is 5.49. The molecule has 34 heavy (non-hydrogen) atoms. The molecule has 0 saturated carbocycles. The summed E-state index contributed by atoms with van der Waals surface area (Å²) < 4.78 is 6.26. The van der Waals surface area contributed by atoms with Crippen molar-refractivity contribution in [1.29, 1.82) is 5.26 Å². The molecule has 0 aliphatic carbocycles. The first-order chi connectivity index (χ1) is 16.7. The molecule has 0 amide bonds. The van der Waals surface area contributed by atoms with Gasteiger partial charge in [-0.15, -0.1) is 0 Å². The number of aromatic nitrogens is 3. The number of nitrogens with zero attached hydrogens (tertiary/aromatic N) is 6. The van der Waals surface area contributed by atoms with E-state index in [0.29, 0.717) is 11.6 Å². The largest absolute Gasteiger partial charge is 0.370 e. The number of hydrogen-bond acceptors (Lipinski definition) is 9. The van der Waals surface area contributed by atoms with Gasteiger partial charge in [0.1, 0.15) is 6.07 Å². The average molecular weight is 461 g/mol. The summed E-state index contributed by atoms with van der Waals surface area (Å²) in [5, 5.41) is 17.5. The van der Waals surface area contributed by atoms with Crippen LogP contribution in [0.2, 0.25) is 0 Å². The third-order valence-corrected chi connectivity index (χ3v) is 6.88. The number of nitrogens with one attached hydrogen (secondary N) is 2. The lowest BCUT2D eigenvalue weighted by Gasteiger charge is -2.42. The molecule has 9 nitrogen and oxygen atoms in total. The molecule has 2 saturated heterocycles. The Hall–Kier alpha value is -3.32. The fourth-order valence-electron chi connectivity index (χ4n) is 5.15. The summed E-state index contributed by atoms with van der Waals surface area (Å²) >= 11 is 0. The molecule has 0 radical (unpaired) electrons. The third kappa shape index (κ3) is 3.94. The van der Waals surface area contributed by atoms with Gasteiger partial charge in [-0.2, -0.15) is 5.26 Å². The smallest absolute Gasteiger partial charge is 0.225 e. The van der Waals surface area contributed by atoms with E-state index >= 15 is 0 Å². The van der Waals surface area contributed by atoms with Gasteiger partial charge in [0.25, 0.3) is 0 Å². The topological polar surface area (TPSA) is 102 Å². The van der Waals surface area contributed by atoms with Crippen LogP contribution in [0.25, 0.3) is 10.9 Å². The van der Waals surface area contributed by atoms with Crippen LogP contribution in [0.1, 0.15) is 26.6 Å². The lowest BCUT2D eigenvalue weighted by molar-refractivity contribution is -0.0161. The summed E-state index contributed by atoms with van der Waals surface area (Å²) in [6.45, 7) is 8.03. The van der Waals surface area contributed by atoms with Crippen molar-refractivity contribution in [3.63, 3.8) is 0 Å². The average Bonchev–Trinajstić information content (AvgIpc) is 3.30. The molecule has 2 atom stereocenters. The van der Waals surface area contributed by atoms with Crippen LogP contribution in [-0.2, 0) is 17.8 Å². The van der Waals surface area contributed by atoms with Crippen molar-refractivity contribution in [2.45, 2.75) is 38.3 Å². The Morgan fingerprint density at radius 3 is 2.97 bits per heavy atom. The van der Waals surface area contributed by atoms with E-state index in [4.69, 9.17) is 9.72 Å². The molecule has 3 aliphatic heterocycles. The second-order valence-corrected chi connectivity index (χ2v) is 9.37. The molecule has 3 aromatic rings. The van der Waals surface area contributed by atoms with Gasteiger partial charge in [0.15, 0.2) is 0 Å². The van der Waals surface area contributed by atoms with E-state index in [1.165, 1.54) is 5.56 Å². The third-order valence-electron chi connectivity index (χ3n) is 6.88. The minimum atomic E-state index is 0.